The Morgan fingerprint density at radius 1 is 0.821 bits per heavy atom. The van der Waals surface area contributed by atoms with Crippen LogP contribution in [0.3, 0.4) is 0 Å². The quantitative estimate of drug-likeness (QED) is 0.521. The average Bonchev–Trinajstić information content (AvgIpc) is 2.99. The molecule has 0 spiro atoms. The van der Waals surface area contributed by atoms with Crippen molar-refractivity contribution in [1.82, 2.24) is 0 Å². The molecule has 0 heterocycles. The summed E-state index contributed by atoms with van der Waals surface area (Å²) >= 11 is 0. The Morgan fingerprint density at radius 2 is 1.54 bits per heavy atom. The third-order valence-corrected chi connectivity index (χ3v) is 10.9. The van der Waals surface area contributed by atoms with Crippen LogP contribution in [-0.2, 0) is 0 Å². The minimum Gasteiger partial charge on any atom is -0.328 e. The maximum atomic E-state index is 6.39. The standard InChI is InChI=1S/C27H49N/c1-18(2)7-6-8-19(3)23-11-12-24-22-10-9-20-17-21(28)13-15-26(20,4)25(22)14-16-27(23,24)5/h18-25H,6-17,28H2,1-5H3/t19-,20+,21?,22+,23-,24+,25+,26+,27-/m1/s1. The number of rotatable bonds is 5. The first-order chi connectivity index (χ1) is 13.3. The first kappa shape index (κ1) is 21.2. The molecule has 4 aliphatic carbocycles. The van der Waals surface area contributed by atoms with Crippen LogP contribution in [0, 0.1) is 52.3 Å². The van der Waals surface area contributed by atoms with Gasteiger partial charge in [0.2, 0.25) is 0 Å². The van der Waals surface area contributed by atoms with Crippen molar-refractivity contribution in [2.24, 2.45) is 58.0 Å². The zero-order valence-electron chi connectivity index (χ0n) is 19.7. The van der Waals surface area contributed by atoms with Gasteiger partial charge in [0, 0.05) is 6.04 Å². The zero-order chi connectivity index (χ0) is 20.1. The maximum absolute atomic E-state index is 6.39. The molecule has 0 aromatic heterocycles. The highest BCUT2D eigenvalue weighted by Crippen LogP contribution is 2.68. The fourth-order valence-electron chi connectivity index (χ4n) is 9.32. The summed E-state index contributed by atoms with van der Waals surface area (Å²) in [6.45, 7) is 12.8. The summed E-state index contributed by atoms with van der Waals surface area (Å²) < 4.78 is 0. The second-order valence-corrected chi connectivity index (χ2v) is 12.7. The monoisotopic (exact) mass is 387 g/mol. The largest absolute Gasteiger partial charge is 0.328 e. The van der Waals surface area contributed by atoms with E-state index in [1.165, 1.54) is 77.0 Å². The van der Waals surface area contributed by atoms with Crippen molar-refractivity contribution < 1.29 is 0 Å². The van der Waals surface area contributed by atoms with Crippen LogP contribution in [0.1, 0.15) is 112 Å². The van der Waals surface area contributed by atoms with E-state index in [-0.39, 0.29) is 0 Å². The van der Waals surface area contributed by atoms with Crippen LogP contribution >= 0.6 is 0 Å². The number of fused-ring (bicyclic) bond motifs is 5. The van der Waals surface area contributed by atoms with Crippen molar-refractivity contribution in [2.75, 3.05) is 0 Å². The molecule has 0 amide bonds. The van der Waals surface area contributed by atoms with Crippen molar-refractivity contribution >= 4 is 0 Å². The first-order valence-electron chi connectivity index (χ1n) is 13.0. The van der Waals surface area contributed by atoms with Gasteiger partial charge in [-0.1, -0.05) is 53.9 Å². The van der Waals surface area contributed by atoms with Crippen LogP contribution in [0.4, 0.5) is 0 Å². The van der Waals surface area contributed by atoms with Gasteiger partial charge >= 0.3 is 0 Å². The Labute approximate surface area is 176 Å². The molecule has 162 valence electrons. The van der Waals surface area contributed by atoms with Crippen molar-refractivity contribution in [1.29, 1.82) is 0 Å². The Hall–Kier alpha value is -0.0400. The van der Waals surface area contributed by atoms with Gasteiger partial charge in [0.25, 0.3) is 0 Å². The Bertz CT molecular complexity index is 540. The second-order valence-electron chi connectivity index (χ2n) is 12.7. The van der Waals surface area contributed by atoms with Gasteiger partial charge in [0.05, 0.1) is 0 Å². The normalized spacial score (nSPS) is 49.4. The molecule has 0 radical (unpaired) electrons. The van der Waals surface area contributed by atoms with Crippen molar-refractivity contribution in [3.8, 4) is 0 Å². The molecule has 1 unspecified atom stereocenters. The maximum Gasteiger partial charge on any atom is 0.00418 e. The van der Waals surface area contributed by atoms with E-state index in [4.69, 9.17) is 5.73 Å². The van der Waals surface area contributed by atoms with Gasteiger partial charge in [0.15, 0.2) is 0 Å². The summed E-state index contributed by atoms with van der Waals surface area (Å²) in [6, 6.07) is 0.492. The average molecular weight is 388 g/mol. The summed E-state index contributed by atoms with van der Waals surface area (Å²) in [4.78, 5) is 0. The van der Waals surface area contributed by atoms with E-state index in [1.54, 1.807) is 0 Å². The molecule has 2 N–H and O–H groups in total. The van der Waals surface area contributed by atoms with Crippen molar-refractivity contribution in [3.63, 3.8) is 0 Å². The van der Waals surface area contributed by atoms with E-state index in [0.29, 0.717) is 16.9 Å². The summed E-state index contributed by atoms with van der Waals surface area (Å²) in [6.07, 6.45) is 17.5. The van der Waals surface area contributed by atoms with Gasteiger partial charge in [-0.3, -0.25) is 0 Å². The molecule has 28 heavy (non-hydrogen) atoms. The third-order valence-electron chi connectivity index (χ3n) is 10.9. The van der Waals surface area contributed by atoms with Gasteiger partial charge in [-0.25, -0.2) is 0 Å². The van der Waals surface area contributed by atoms with E-state index in [0.717, 1.165) is 41.4 Å². The van der Waals surface area contributed by atoms with E-state index < -0.39 is 0 Å². The second kappa shape index (κ2) is 7.90. The number of hydrogen-bond donors (Lipinski definition) is 1. The predicted octanol–water partition coefficient (Wildman–Crippen LogP) is 7.44. The molecule has 0 bridgehead atoms. The highest BCUT2D eigenvalue weighted by molar-refractivity contribution is 5.09. The number of hydrogen-bond acceptors (Lipinski definition) is 1. The number of nitrogens with two attached hydrogens (primary N) is 1. The highest BCUT2D eigenvalue weighted by Gasteiger charge is 2.60. The minimum atomic E-state index is 0.492. The first-order valence-corrected chi connectivity index (χ1v) is 13.0. The van der Waals surface area contributed by atoms with Gasteiger partial charge in [-0.15, -0.1) is 0 Å². The summed E-state index contributed by atoms with van der Waals surface area (Å²) in [5, 5.41) is 0. The van der Waals surface area contributed by atoms with Crippen LogP contribution < -0.4 is 5.73 Å². The lowest BCUT2D eigenvalue weighted by molar-refractivity contribution is -0.116. The van der Waals surface area contributed by atoms with E-state index >= 15 is 0 Å². The Balaban J connectivity index is 1.46. The molecule has 1 heteroatoms. The van der Waals surface area contributed by atoms with E-state index in [1.807, 2.05) is 0 Å². The molecule has 4 rings (SSSR count). The zero-order valence-corrected chi connectivity index (χ0v) is 19.7. The van der Waals surface area contributed by atoms with Crippen molar-refractivity contribution in [3.05, 3.63) is 0 Å². The molecule has 0 aromatic carbocycles. The molecule has 0 aliphatic heterocycles. The fraction of sp³-hybridized carbons (Fsp3) is 1.00. The lowest BCUT2D eigenvalue weighted by atomic mass is 9.44. The van der Waals surface area contributed by atoms with E-state index in [2.05, 4.69) is 34.6 Å². The molecule has 0 aromatic rings. The third kappa shape index (κ3) is 3.50. The highest BCUT2D eigenvalue weighted by atomic mass is 14.7. The van der Waals surface area contributed by atoms with Crippen molar-refractivity contribution in [2.45, 2.75) is 118 Å². The molecule has 0 saturated heterocycles. The SMILES string of the molecule is CC(C)CCC[C@@H](C)[C@H]1CC[C@H]2[C@@H]3CC[C@H]4CC(N)CC[C@]4(C)[C@H]3CC[C@]12C. The molecule has 4 fully saturated rings. The fourth-order valence-corrected chi connectivity index (χ4v) is 9.32. The smallest absolute Gasteiger partial charge is 0.00418 e. The van der Waals surface area contributed by atoms with Gasteiger partial charge in [0.1, 0.15) is 0 Å². The van der Waals surface area contributed by atoms with Gasteiger partial charge in [-0.2, -0.15) is 0 Å². The molecule has 9 atom stereocenters. The lowest BCUT2D eigenvalue weighted by Crippen LogP contribution is -2.54. The summed E-state index contributed by atoms with van der Waals surface area (Å²) in [5.41, 5.74) is 7.64. The van der Waals surface area contributed by atoms with Gasteiger partial charge in [-0.05, 0) is 110 Å². The topological polar surface area (TPSA) is 26.0 Å². The lowest BCUT2D eigenvalue weighted by Gasteiger charge is -2.61. The van der Waals surface area contributed by atoms with Crippen LogP contribution in [0.5, 0.6) is 0 Å². The van der Waals surface area contributed by atoms with Crippen LogP contribution in [0.25, 0.3) is 0 Å². The predicted molar refractivity (Wildman–Crippen MR) is 121 cm³/mol. The van der Waals surface area contributed by atoms with E-state index in [9.17, 15) is 0 Å². The van der Waals surface area contributed by atoms with Crippen LogP contribution in [0.2, 0.25) is 0 Å². The molecular weight excluding hydrogens is 338 g/mol. The molecule has 1 nitrogen and oxygen atoms in total. The van der Waals surface area contributed by atoms with Crippen LogP contribution in [0.15, 0.2) is 0 Å². The Morgan fingerprint density at radius 3 is 2.29 bits per heavy atom. The minimum absolute atomic E-state index is 0.492. The summed E-state index contributed by atoms with van der Waals surface area (Å²) in [7, 11) is 0. The Kier molecular flexibility index (Phi) is 5.98. The molecule has 4 aliphatic rings. The summed E-state index contributed by atoms with van der Waals surface area (Å²) in [5.74, 6) is 6.79. The van der Waals surface area contributed by atoms with Crippen LogP contribution in [-0.4, -0.2) is 6.04 Å². The molecule has 4 saturated carbocycles. The van der Waals surface area contributed by atoms with Gasteiger partial charge < -0.3 is 5.73 Å². The molecular formula is C27H49N.